The van der Waals surface area contributed by atoms with Crippen molar-refractivity contribution in [1.29, 1.82) is 0 Å². The lowest BCUT2D eigenvalue weighted by molar-refractivity contribution is 1.01. The van der Waals surface area contributed by atoms with Gasteiger partial charge in [0.1, 0.15) is 10.4 Å². The van der Waals surface area contributed by atoms with Crippen molar-refractivity contribution >= 4 is 27.4 Å². The molecule has 0 amide bonds. The predicted molar refractivity (Wildman–Crippen MR) is 49.8 cm³/mol. The third-order valence-corrected chi connectivity index (χ3v) is 2.29. The Morgan fingerprint density at radius 1 is 1.58 bits per heavy atom. The highest BCUT2D eigenvalue weighted by molar-refractivity contribution is 9.10. The maximum atomic E-state index is 5.66. The van der Waals surface area contributed by atoms with E-state index in [0.717, 1.165) is 15.9 Å². The second-order valence-electron chi connectivity index (χ2n) is 2.47. The van der Waals surface area contributed by atoms with Crippen LogP contribution in [0.1, 0.15) is 5.82 Å². The van der Waals surface area contributed by atoms with Crippen molar-refractivity contribution in [2.45, 2.75) is 6.92 Å². The molecular formula is C7H7BrN4. The van der Waals surface area contributed by atoms with E-state index in [9.17, 15) is 0 Å². The van der Waals surface area contributed by atoms with Crippen LogP contribution in [0.15, 0.2) is 16.9 Å². The average molecular weight is 227 g/mol. The van der Waals surface area contributed by atoms with Gasteiger partial charge < -0.3 is 5.73 Å². The molecule has 0 saturated carbocycles. The summed E-state index contributed by atoms with van der Waals surface area (Å²) in [5, 5.41) is 0. The fourth-order valence-electron chi connectivity index (χ4n) is 1.19. The molecule has 2 heterocycles. The second kappa shape index (κ2) is 2.45. The Labute approximate surface area is 77.6 Å². The highest BCUT2D eigenvalue weighted by Crippen LogP contribution is 2.19. The van der Waals surface area contributed by atoms with E-state index < -0.39 is 0 Å². The number of nitrogens with two attached hydrogens (primary N) is 1. The standard InChI is InChI=1S/C7H7BrN4/c1-4-11-6(8)5-2-3-10-7(9)12(4)5/h2-3H,1H3,(H2,9,10). The molecule has 2 N–H and O–H groups in total. The maximum Gasteiger partial charge on any atom is 0.206 e. The van der Waals surface area contributed by atoms with Crippen molar-refractivity contribution in [1.82, 2.24) is 14.4 Å². The monoisotopic (exact) mass is 226 g/mol. The Morgan fingerprint density at radius 3 is 3.00 bits per heavy atom. The van der Waals surface area contributed by atoms with Crippen LogP contribution in [0.3, 0.4) is 0 Å². The number of hydrogen-bond donors (Lipinski definition) is 1. The lowest BCUT2D eigenvalue weighted by Crippen LogP contribution is -2.00. The Kier molecular flexibility index (Phi) is 1.54. The molecule has 0 aliphatic carbocycles. The number of aryl methyl sites for hydroxylation is 1. The van der Waals surface area contributed by atoms with Crippen LogP contribution in [0.25, 0.3) is 5.52 Å². The molecule has 2 rings (SSSR count). The SMILES string of the molecule is Cc1nc(Br)c2ccnc(N)n12. The minimum Gasteiger partial charge on any atom is -0.369 e. The number of hydrogen-bond acceptors (Lipinski definition) is 3. The van der Waals surface area contributed by atoms with Crippen LogP contribution < -0.4 is 5.73 Å². The van der Waals surface area contributed by atoms with Crippen LogP contribution in [0.4, 0.5) is 5.95 Å². The minimum absolute atomic E-state index is 0.461. The third kappa shape index (κ3) is 0.896. The number of halogens is 1. The number of imidazole rings is 1. The van der Waals surface area contributed by atoms with E-state index in [-0.39, 0.29) is 0 Å². The molecule has 0 aliphatic rings. The van der Waals surface area contributed by atoms with Crippen molar-refractivity contribution in [2.24, 2.45) is 0 Å². The van der Waals surface area contributed by atoms with Crippen LogP contribution in [-0.2, 0) is 0 Å². The number of aromatic nitrogens is 3. The summed E-state index contributed by atoms with van der Waals surface area (Å²) in [5.41, 5.74) is 6.61. The lowest BCUT2D eigenvalue weighted by Gasteiger charge is -1.98. The highest BCUT2D eigenvalue weighted by atomic mass is 79.9. The maximum absolute atomic E-state index is 5.66. The number of nitrogens with zero attached hydrogens (tertiary/aromatic N) is 3. The van der Waals surface area contributed by atoms with Gasteiger partial charge in [-0.1, -0.05) is 0 Å². The minimum atomic E-state index is 0.461. The summed E-state index contributed by atoms with van der Waals surface area (Å²) in [6.07, 6.45) is 1.66. The first-order valence-corrected chi connectivity index (χ1v) is 4.24. The van der Waals surface area contributed by atoms with E-state index in [1.807, 2.05) is 13.0 Å². The summed E-state index contributed by atoms with van der Waals surface area (Å²) >= 11 is 3.34. The van der Waals surface area contributed by atoms with E-state index in [1.165, 1.54) is 0 Å². The Hall–Kier alpha value is -1.10. The van der Waals surface area contributed by atoms with E-state index in [1.54, 1.807) is 10.6 Å². The highest BCUT2D eigenvalue weighted by Gasteiger charge is 2.06. The number of anilines is 1. The molecule has 0 saturated heterocycles. The Balaban J connectivity index is 2.99. The zero-order chi connectivity index (χ0) is 8.72. The Bertz CT molecular complexity index is 434. The van der Waals surface area contributed by atoms with Gasteiger partial charge >= 0.3 is 0 Å². The van der Waals surface area contributed by atoms with E-state index in [4.69, 9.17) is 5.73 Å². The first kappa shape index (κ1) is 7.54. The smallest absolute Gasteiger partial charge is 0.206 e. The molecule has 0 aromatic carbocycles. The van der Waals surface area contributed by atoms with Gasteiger partial charge in [0.15, 0.2) is 0 Å². The molecule has 0 aliphatic heterocycles. The van der Waals surface area contributed by atoms with Gasteiger partial charge in [0.2, 0.25) is 5.95 Å². The second-order valence-corrected chi connectivity index (χ2v) is 3.22. The first-order chi connectivity index (χ1) is 5.70. The fourth-order valence-corrected chi connectivity index (χ4v) is 1.76. The molecule has 4 nitrogen and oxygen atoms in total. The first-order valence-electron chi connectivity index (χ1n) is 3.45. The molecule has 0 radical (unpaired) electrons. The van der Waals surface area contributed by atoms with E-state index in [0.29, 0.717) is 5.95 Å². The molecule has 0 atom stereocenters. The van der Waals surface area contributed by atoms with Crippen molar-refractivity contribution in [3.05, 3.63) is 22.7 Å². The molecular weight excluding hydrogens is 220 g/mol. The van der Waals surface area contributed by atoms with Crippen LogP contribution in [-0.4, -0.2) is 14.4 Å². The number of nitrogen functional groups attached to an aromatic ring is 1. The van der Waals surface area contributed by atoms with Gasteiger partial charge in [0.25, 0.3) is 0 Å². The zero-order valence-corrected chi connectivity index (χ0v) is 8.04. The fraction of sp³-hybridized carbons (Fsp3) is 0.143. The van der Waals surface area contributed by atoms with Gasteiger partial charge in [-0.15, -0.1) is 0 Å². The number of fused-ring (bicyclic) bond motifs is 1. The van der Waals surface area contributed by atoms with Crippen molar-refractivity contribution in [2.75, 3.05) is 5.73 Å². The average Bonchev–Trinajstić information content (AvgIpc) is 2.29. The van der Waals surface area contributed by atoms with Gasteiger partial charge in [-0.2, -0.15) is 0 Å². The predicted octanol–water partition coefficient (Wildman–Crippen LogP) is 1.38. The summed E-state index contributed by atoms with van der Waals surface area (Å²) in [6, 6.07) is 1.86. The van der Waals surface area contributed by atoms with Gasteiger partial charge in [-0.25, -0.2) is 9.97 Å². The largest absolute Gasteiger partial charge is 0.369 e. The molecule has 2 aromatic heterocycles. The van der Waals surface area contributed by atoms with Crippen LogP contribution in [0.5, 0.6) is 0 Å². The lowest BCUT2D eigenvalue weighted by atomic mass is 10.5. The molecule has 0 bridgehead atoms. The molecule has 12 heavy (non-hydrogen) atoms. The summed E-state index contributed by atoms with van der Waals surface area (Å²) in [4.78, 5) is 8.17. The van der Waals surface area contributed by atoms with Gasteiger partial charge in [0.05, 0.1) is 5.52 Å². The topological polar surface area (TPSA) is 56.2 Å². The molecule has 5 heteroatoms. The molecule has 62 valence electrons. The zero-order valence-electron chi connectivity index (χ0n) is 6.45. The van der Waals surface area contributed by atoms with E-state index >= 15 is 0 Å². The summed E-state index contributed by atoms with van der Waals surface area (Å²) in [6.45, 7) is 1.88. The van der Waals surface area contributed by atoms with E-state index in [2.05, 4.69) is 25.9 Å². The van der Waals surface area contributed by atoms with Crippen LogP contribution in [0.2, 0.25) is 0 Å². The summed E-state index contributed by atoms with van der Waals surface area (Å²) < 4.78 is 2.60. The quantitative estimate of drug-likeness (QED) is 0.739. The van der Waals surface area contributed by atoms with Crippen molar-refractivity contribution < 1.29 is 0 Å². The molecule has 2 aromatic rings. The molecule has 0 fully saturated rings. The Morgan fingerprint density at radius 2 is 2.33 bits per heavy atom. The number of rotatable bonds is 0. The van der Waals surface area contributed by atoms with Crippen molar-refractivity contribution in [3.63, 3.8) is 0 Å². The molecule has 0 unspecified atom stereocenters. The summed E-state index contributed by atoms with van der Waals surface area (Å²) in [5.74, 6) is 1.30. The third-order valence-electron chi connectivity index (χ3n) is 1.70. The summed E-state index contributed by atoms with van der Waals surface area (Å²) in [7, 11) is 0. The van der Waals surface area contributed by atoms with Crippen LogP contribution in [0, 0.1) is 6.92 Å². The van der Waals surface area contributed by atoms with Gasteiger partial charge in [0, 0.05) is 6.20 Å². The van der Waals surface area contributed by atoms with Gasteiger partial charge in [-0.3, -0.25) is 4.40 Å². The van der Waals surface area contributed by atoms with Crippen molar-refractivity contribution in [3.8, 4) is 0 Å². The van der Waals surface area contributed by atoms with Crippen LogP contribution >= 0.6 is 15.9 Å². The molecule has 0 spiro atoms. The normalized spacial score (nSPS) is 10.8. The van der Waals surface area contributed by atoms with Gasteiger partial charge in [-0.05, 0) is 28.9 Å².